The quantitative estimate of drug-likeness (QED) is 0.401. The highest BCUT2D eigenvalue weighted by atomic mass is 32.2. The van der Waals surface area contributed by atoms with Crippen molar-refractivity contribution in [2.24, 2.45) is 11.7 Å². The SMILES string of the molecule is CCCCCCC(CS(=N)(=O)CC[C@H](N)C(=O)O)C(=O)O. The molecule has 0 fully saturated rings. The maximum Gasteiger partial charge on any atom is 0.320 e. The number of nitrogens with two attached hydrogens (primary N) is 1. The molecular formula is C13H26N2O5S. The topological polar surface area (TPSA) is 142 Å². The van der Waals surface area contributed by atoms with Crippen LogP contribution in [0.4, 0.5) is 0 Å². The minimum absolute atomic E-state index is 0.0835. The zero-order chi connectivity index (χ0) is 16.5. The molecule has 0 rings (SSSR count). The number of hydrogen-bond acceptors (Lipinski definition) is 5. The van der Waals surface area contributed by atoms with Gasteiger partial charge in [-0.25, -0.2) is 4.21 Å². The van der Waals surface area contributed by atoms with E-state index in [-0.39, 0.29) is 17.9 Å². The molecule has 0 aromatic rings. The van der Waals surface area contributed by atoms with Crippen LogP contribution < -0.4 is 5.73 Å². The van der Waals surface area contributed by atoms with E-state index in [0.29, 0.717) is 6.42 Å². The highest BCUT2D eigenvalue weighted by Gasteiger charge is 2.24. The molecule has 0 aromatic carbocycles. The van der Waals surface area contributed by atoms with Gasteiger partial charge in [0, 0.05) is 21.2 Å². The summed E-state index contributed by atoms with van der Waals surface area (Å²) in [6.07, 6.45) is 4.03. The average molecular weight is 322 g/mol. The van der Waals surface area contributed by atoms with E-state index >= 15 is 0 Å². The van der Waals surface area contributed by atoms with E-state index in [9.17, 15) is 13.8 Å². The van der Waals surface area contributed by atoms with Crippen molar-refractivity contribution >= 4 is 21.7 Å². The number of carboxylic acid groups (broad SMARTS) is 2. The lowest BCUT2D eigenvalue weighted by Crippen LogP contribution is -2.33. The summed E-state index contributed by atoms with van der Waals surface area (Å²) < 4.78 is 19.8. The molecule has 0 bridgehead atoms. The van der Waals surface area contributed by atoms with Gasteiger partial charge in [-0.05, 0) is 12.8 Å². The molecule has 8 heteroatoms. The smallest absolute Gasteiger partial charge is 0.320 e. The molecule has 0 aliphatic heterocycles. The van der Waals surface area contributed by atoms with Crippen molar-refractivity contribution in [2.45, 2.75) is 51.5 Å². The van der Waals surface area contributed by atoms with Crippen LogP contribution in [0.2, 0.25) is 0 Å². The maximum atomic E-state index is 12.1. The van der Waals surface area contributed by atoms with Gasteiger partial charge in [0.2, 0.25) is 0 Å². The van der Waals surface area contributed by atoms with Crippen molar-refractivity contribution in [1.29, 1.82) is 4.78 Å². The molecule has 124 valence electrons. The van der Waals surface area contributed by atoms with Crippen molar-refractivity contribution in [3.63, 3.8) is 0 Å². The number of rotatable bonds is 12. The summed E-state index contributed by atoms with van der Waals surface area (Å²) in [5, 5.41) is 17.8. The summed E-state index contributed by atoms with van der Waals surface area (Å²) >= 11 is 0. The first kappa shape index (κ1) is 19.9. The highest BCUT2D eigenvalue weighted by Crippen LogP contribution is 2.15. The molecule has 0 radical (unpaired) electrons. The van der Waals surface area contributed by atoms with Crippen molar-refractivity contribution in [2.75, 3.05) is 11.5 Å². The first-order valence-electron chi connectivity index (χ1n) is 7.15. The summed E-state index contributed by atoms with van der Waals surface area (Å²) in [5.41, 5.74) is 5.30. The monoisotopic (exact) mass is 322 g/mol. The fraction of sp³-hybridized carbons (Fsp3) is 0.846. The van der Waals surface area contributed by atoms with Gasteiger partial charge in [-0.2, -0.15) is 0 Å². The minimum Gasteiger partial charge on any atom is -0.481 e. The second-order valence-corrected chi connectivity index (χ2v) is 7.67. The molecule has 5 N–H and O–H groups in total. The van der Waals surface area contributed by atoms with Gasteiger partial charge in [-0.1, -0.05) is 32.6 Å². The maximum absolute atomic E-state index is 12.1. The summed E-state index contributed by atoms with van der Waals surface area (Å²) in [4.78, 5) is 21.7. The van der Waals surface area contributed by atoms with Crippen LogP contribution in [0.1, 0.15) is 45.4 Å². The van der Waals surface area contributed by atoms with Crippen LogP contribution >= 0.6 is 0 Å². The molecule has 0 amide bonds. The molecule has 0 aliphatic carbocycles. The Kier molecular flexibility index (Phi) is 9.19. The van der Waals surface area contributed by atoms with E-state index < -0.39 is 33.6 Å². The number of hydrogen-bond donors (Lipinski definition) is 4. The lowest BCUT2D eigenvalue weighted by atomic mass is 10.0. The van der Waals surface area contributed by atoms with Crippen LogP contribution in [0.3, 0.4) is 0 Å². The third-order valence-electron chi connectivity index (χ3n) is 3.30. The Morgan fingerprint density at radius 2 is 1.76 bits per heavy atom. The van der Waals surface area contributed by atoms with Gasteiger partial charge in [-0.3, -0.25) is 14.4 Å². The van der Waals surface area contributed by atoms with Gasteiger partial charge >= 0.3 is 11.9 Å². The van der Waals surface area contributed by atoms with Crippen LogP contribution in [-0.2, 0) is 19.3 Å². The average Bonchev–Trinajstić information content (AvgIpc) is 2.39. The first-order valence-corrected chi connectivity index (χ1v) is 9.04. The van der Waals surface area contributed by atoms with E-state index in [0.717, 1.165) is 25.7 Å². The molecule has 0 saturated heterocycles. The third-order valence-corrected chi connectivity index (χ3v) is 5.14. The predicted molar refractivity (Wildman–Crippen MR) is 80.7 cm³/mol. The van der Waals surface area contributed by atoms with Gasteiger partial charge in [-0.15, -0.1) is 0 Å². The molecule has 0 saturated carbocycles. The highest BCUT2D eigenvalue weighted by molar-refractivity contribution is 7.92. The second-order valence-electron chi connectivity index (χ2n) is 5.30. The van der Waals surface area contributed by atoms with Crippen LogP contribution in [0.15, 0.2) is 0 Å². The van der Waals surface area contributed by atoms with E-state index in [4.69, 9.17) is 20.7 Å². The normalized spacial score (nSPS) is 16.9. The number of carboxylic acids is 2. The number of unbranched alkanes of at least 4 members (excludes halogenated alkanes) is 3. The Morgan fingerprint density at radius 3 is 2.24 bits per heavy atom. The Bertz CT molecular complexity index is 436. The summed E-state index contributed by atoms with van der Waals surface area (Å²) in [6.45, 7) is 2.05. The summed E-state index contributed by atoms with van der Waals surface area (Å²) in [5.74, 6) is -3.48. The second kappa shape index (κ2) is 9.73. The van der Waals surface area contributed by atoms with Crippen molar-refractivity contribution in [1.82, 2.24) is 0 Å². The fourth-order valence-corrected chi connectivity index (χ4v) is 3.71. The molecule has 7 nitrogen and oxygen atoms in total. The first-order chi connectivity index (χ1) is 9.69. The number of aliphatic carboxylic acids is 2. The van der Waals surface area contributed by atoms with Gasteiger partial charge < -0.3 is 15.9 Å². The largest absolute Gasteiger partial charge is 0.481 e. The lowest BCUT2D eigenvalue weighted by Gasteiger charge is -2.15. The molecule has 0 aliphatic rings. The van der Waals surface area contributed by atoms with E-state index in [1.165, 1.54) is 0 Å². The van der Waals surface area contributed by atoms with Gasteiger partial charge in [0.05, 0.1) is 5.92 Å². The Hall–Kier alpha value is -1.15. The van der Waals surface area contributed by atoms with E-state index in [1.807, 2.05) is 0 Å². The van der Waals surface area contributed by atoms with Gasteiger partial charge in [0.15, 0.2) is 0 Å². The molecule has 21 heavy (non-hydrogen) atoms. The van der Waals surface area contributed by atoms with Crippen molar-refractivity contribution in [3.8, 4) is 0 Å². The predicted octanol–water partition coefficient (Wildman–Crippen LogP) is 1.51. The molecule has 0 heterocycles. The Morgan fingerprint density at radius 1 is 1.14 bits per heavy atom. The lowest BCUT2D eigenvalue weighted by molar-refractivity contribution is -0.141. The zero-order valence-corrected chi connectivity index (χ0v) is 13.2. The van der Waals surface area contributed by atoms with Crippen LogP contribution in [0.5, 0.6) is 0 Å². The van der Waals surface area contributed by atoms with E-state index in [2.05, 4.69) is 6.92 Å². The van der Waals surface area contributed by atoms with Gasteiger partial charge in [0.25, 0.3) is 0 Å². The van der Waals surface area contributed by atoms with Crippen molar-refractivity contribution in [3.05, 3.63) is 0 Å². The molecule has 2 unspecified atom stereocenters. The molecule has 0 aromatic heterocycles. The van der Waals surface area contributed by atoms with Crippen LogP contribution in [0, 0.1) is 10.7 Å². The Labute approximate surface area is 125 Å². The Balaban J connectivity index is 4.40. The standard InChI is InChI=1S/C13H26N2O5S/c1-2-3-4-5-6-10(12(16)17)9-21(15,20)8-7-11(14)13(18)19/h10-11,15H,2-9,14H2,1H3,(H,16,17)(H,18,19)/t10?,11-,21?/m0/s1. The summed E-state index contributed by atoms with van der Waals surface area (Å²) in [7, 11) is -3.12. The van der Waals surface area contributed by atoms with Crippen LogP contribution in [0.25, 0.3) is 0 Å². The zero-order valence-electron chi connectivity index (χ0n) is 12.4. The molecular weight excluding hydrogens is 296 g/mol. The number of nitrogens with one attached hydrogen (secondary N) is 1. The summed E-state index contributed by atoms with van der Waals surface area (Å²) in [6, 6.07) is -1.16. The van der Waals surface area contributed by atoms with Crippen molar-refractivity contribution < 1.29 is 24.0 Å². The number of carbonyl (C=O) groups is 2. The minimum atomic E-state index is -3.12. The van der Waals surface area contributed by atoms with E-state index in [1.54, 1.807) is 0 Å². The fourth-order valence-electron chi connectivity index (χ4n) is 1.94. The molecule has 3 atom stereocenters. The third kappa shape index (κ3) is 9.41. The molecule has 0 spiro atoms. The van der Waals surface area contributed by atoms with Crippen LogP contribution in [-0.4, -0.2) is 43.9 Å². The van der Waals surface area contributed by atoms with Gasteiger partial charge in [0.1, 0.15) is 6.04 Å².